The van der Waals surface area contributed by atoms with Gasteiger partial charge in [-0.1, -0.05) is 54.6 Å². The molecule has 0 bridgehead atoms. The molecular weight excluding hydrogens is 362 g/mol. The summed E-state index contributed by atoms with van der Waals surface area (Å²) in [6.07, 6.45) is 0.0883. The summed E-state index contributed by atoms with van der Waals surface area (Å²) >= 11 is 0. The minimum Gasteiger partial charge on any atom is -0.444 e. The number of amides is 1. The largest absolute Gasteiger partial charge is 0.444 e. The summed E-state index contributed by atoms with van der Waals surface area (Å²) < 4.78 is 5.48. The van der Waals surface area contributed by atoms with Crippen LogP contribution in [0.2, 0.25) is 0 Å². The van der Waals surface area contributed by atoms with Crippen molar-refractivity contribution in [2.24, 2.45) is 5.92 Å². The molecule has 0 unspecified atom stereocenters. The smallest absolute Gasteiger partial charge is 0.408 e. The number of allylic oxidation sites excluding steroid dienone is 1. The maximum atomic E-state index is 12.6. The number of nitrogens with one attached hydrogen (secondary N) is 1. The van der Waals surface area contributed by atoms with E-state index in [2.05, 4.69) is 5.32 Å². The third-order valence-electron chi connectivity index (χ3n) is 4.84. The van der Waals surface area contributed by atoms with E-state index in [4.69, 9.17) is 4.74 Å². The van der Waals surface area contributed by atoms with Gasteiger partial charge in [-0.2, -0.15) is 10.5 Å². The molecule has 5 nitrogen and oxygen atoms in total. The van der Waals surface area contributed by atoms with E-state index in [1.54, 1.807) is 0 Å². The molecule has 1 aliphatic carbocycles. The number of benzene rings is 2. The molecule has 0 aliphatic heterocycles. The highest BCUT2D eigenvalue weighted by Gasteiger charge is 2.37. The Kier molecular flexibility index (Phi) is 5.71. The van der Waals surface area contributed by atoms with E-state index in [1.807, 2.05) is 87.5 Å². The van der Waals surface area contributed by atoms with Crippen LogP contribution < -0.4 is 5.32 Å². The van der Waals surface area contributed by atoms with Crippen molar-refractivity contribution in [2.45, 2.75) is 38.8 Å². The van der Waals surface area contributed by atoms with Crippen molar-refractivity contribution >= 4 is 11.7 Å². The highest BCUT2D eigenvalue weighted by atomic mass is 16.6. The van der Waals surface area contributed by atoms with Gasteiger partial charge in [0.05, 0.1) is 6.04 Å². The predicted octanol–water partition coefficient (Wildman–Crippen LogP) is 4.93. The van der Waals surface area contributed by atoms with Gasteiger partial charge in [-0.3, -0.25) is 0 Å². The molecule has 0 saturated heterocycles. The summed E-state index contributed by atoms with van der Waals surface area (Å²) in [5.74, 6) is -0.253. The van der Waals surface area contributed by atoms with Crippen LogP contribution in [-0.4, -0.2) is 11.7 Å². The molecule has 1 amide bonds. The second-order valence-electron chi connectivity index (χ2n) is 8.01. The molecule has 0 aromatic heterocycles. The molecule has 3 rings (SSSR count). The average molecular weight is 385 g/mol. The second-order valence-corrected chi connectivity index (χ2v) is 8.01. The summed E-state index contributed by atoms with van der Waals surface area (Å²) in [5.41, 5.74) is 2.96. The number of ether oxygens (including phenoxy) is 1. The molecule has 0 spiro atoms. The first-order chi connectivity index (χ1) is 13.8. The fraction of sp³-hybridized carbons (Fsp3) is 0.292. The topological polar surface area (TPSA) is 85.9 Å². The average Bonchev–Trinajstić information content (AvgIpc) is 3.06. The van der Waals surface area contributed by atoms with Crippen LogP contribution in [0, 0.1) is 28.6 Å². The number of nitrogens with zero attached hydrogens (tertiary/aromatic N) is 2. The second kappa shape index (κ2) is 8.20. The van der Waals surface area contributed by atoms with Crippen LogP contribution in [0.3, 0.4) is 0 Å². The molecule has 0 fully saturated rings. The first-order valence-corrected chi connectivity index (χ1v) is 9.51. The molecule has 5 heteroatoms. The molecule has 29 heavy (non-hydrogen) atoms. The fourth-order valence-electron chi connectivity index (χ4n) is 3.76. The van der Waals surface area contributed by atoms with Crippen molar-refractivity contribution in [3.8, 4) is 12.1 Å². The van der Waals surface area contributed by atoms with E-state index in [9.17, 15) is 15.3 Å². The maximum absolute atomic E-state index is 12.6. The third kappa shape index (κ3) is 4.47. The van der Waals surface area contributed by atoms with E-state index in [0.717, 1.165) is 16.7 Å². The Bertz CT molecular complexity index is 1000. The number of fused-ring (bicyclic) bond motifs is 1. The summed E-state index contributed by atoms with van der Waals surface area (Å²) in [4.78, 5) is 12.6. The van der Waals surface area contributed by atoms with Crippen LogP contribution in [0.15, 0.2) is 60.2 Å². The van der Waals surface area contributed by atoms with Crippen LogP contribution in [0.1, 0.15) is 43.5 Å². The monoisotopic (exact) mass is 385 g/mol. The molecule has 2 atom stereocenters. The molecule has 2 aromatic rings. The van der Waals surface area contributed by atoms with Gasteiger partial charge in [0.25, 0.3) is 0 Å². The van der Waals surface area contributed by atoms with Crippen molar-refractivity contribution in [1.29, 1.82) is 10.5 Å². The van der Waals surface area contributed by atoms with Crippen molar-refractivity contribution in [1.82, 2.24) is 5.32 Å². The number of carbonyl (C=O) groups excluding carboxylic acids is 1. The van der Waals surface area contributed by atoms with Crippen LogP contribution in [0.25, 0.3) is 5.57 Å². The van der Waals surface area contributed by atoms with Crippen molar-refractivity contribution in [2.75, 3.05) is 0 Å². The number of rotatable bonds is 3. The van der Waals surface area contributed by atoms with Crippen molar-refractivity contribution < 1.29 is 9.53 Å². The number of hydrogen-bond acceptors (Lipinski definition) is 4. The molecule has 1 aliphatic rings. The van der Waals surface area contributed by atoms with Crippen molar-refractivity contribution in [3.63, 3.8) is 0 Å². The van der Waals surface area contributed by atoms with Gasteiger partial charge in [0.1, 0.15) is 23.3 Å². The summed E-state index contributed by atoms with van der Waals surface area (Å²) in [6.45, 7) is 5.43. The lowest BCUT2D eigenvalue weighted by atomic mass is 9.85. The minimum absolute atomic E-state index is 0.0758. The van der Waals surface area contributed by atoms with Gasteiger partial charge in [0.2, 0.25) is 0 Å². The Morgan fingerprint density at radius 3 is 2.31 bits per heavy atom. The third-order valence-corrected chi connectivity index (χ3v) is 4.84. The lowest BCUT2D eigenvalue weighted by molar-refractivity contribution is 0.0493. The van der Waals surface area contributed by atoms with E-state index >= 15 is 0 Å². The Hall–Kier alpha value is -3.57. The van der Waals surface area contributed by atoms with Gasteiger partial charge >= 0.3 is 6.09 Å². The molecular formula is C24H23N3O2. The zero-order valence-corrected chi connectivity index (χ0v) is 16.8. The van der Waals surface area contributed by atoms with E-state index in [1.165, 1.54) is 0 Å². The fourth-order valence-corrected chi connectivity index (χ4v) is 3.76. The molecule has 146 valence electrons. The zero-order chi connectivity index (χ0) is 21.0. The normalized spacial score (nSPS) is 16.2. The Morgan fingerprint density at radius 2 is 1.69 bits per heavy atom. The summed E-state index contributed by atoms with van der Waals surface area (Å²) in [5, 5.41) is 22.1. The number of carbonyl (C=O) groups is 1. The first-order valence-electron chi connectivity index (χ1n) is 9.51. The molecule has 0 heterocycles. The molecule has 2 aromatic carbocycles. The Labute approximate surface area is 171 Å². The highest BCUT2D eigenvalue weighted by molar-refractivity contribution is 5.83. The van der Waals surface area contributed by atoms with E-state index < -0.39 is 17.7 Å². The lowest BCUT2D eigenvalue weighted by Gasteiger charge is -2.28. The van der Waals surface area contributed by atoms with Gasteiger partial charge in [0.15, 0.2) is 0 Å². The number of hydrogen-bond donors (Lipinski definition) is 1. The van der Waals surface area contributed by atoms with Crippen LogP contribution in [-0.2, 0) is 11.2 Å². The summed E-state index contributed by atoms with van der Waals surface area (Å²) in [6, 6.07) is 21.0. The maximum Gasteiger partial charge on any atom is 0.408 e. The Morgan fingerprint density at radius 1 is 1.07 bits per heavy atom. The first kappa shape index (κ1) is 20.2. The standard InChI is InChI=1S/C24H23N3O2/c1-24(2,3)29-23(28)27-22(16-9-5-4-6-10-16)20-13-17-11-7-8-12-19(17)21(20)18(14-25)15-26/h4-12,20,22H,13H2,1-3H3,(H,27,28)/t20-,22-/m1/s1. The van der Waals surface area contributed by atoms with Crippen LogP contribution in [0.5, 0.6) is 0 Å². The highest BCUT2D eigenvalue weighted by Crippen LogP contribution is 2.45. The van der Waals surface area contributed by atoms with Crippen LogP contribution >= 0.6 is 0 Å². The van der Waals surface area contributed by atoms with Gasteiger partial charge in [-0.15, -0.1) is 0 Å². The molecule has 1 N–H and O–H groups in total. The lowest BCUT2D eigenvalue weighted by Crippen LogP contribution is -2.38. The summed E-state index contributed by atoms with van der Waals surface area (Å²) in [7, 11) is 0. The van der Waals surface area contributed by atoms with Crippen LogP contribution in [0.4, 0.5) is 4.79 Å². The Balaban J connectivity index is 2.08. The number of nitriles is 2. The minimum atomic E-state index is -0.632. The van der Waals surface area contributed by atoms with Crippen molar-refractivity contribution in [3.05, 3.63) is 76.9 Å². The number of alkyl carbamates (subject to hydrolysis) is 1. The zero-order valence-electron chi connectivity index (χ0n) is 16.8. The van der Waals surface area contributed by atoms with Gasteiger partial charge < -0.3 is 10.1 Å². The molecule has 0 radical (unpaired) electrons. The molecule has 0 saturated carbocycles. The quantitative estimate of drug-likeness (QED) is 0.759. The van der Waals surface area contributed by atoms with E-state index in [-0.39, 0.29) is 11.5 Å². The SMILES string of the molecule is CC(C)(C)OC(=O)N[C@H](c1ccccc1)[C@@H]1Cc2ccccc2C1=C(C#N)C#N. The van der Waals surface area contributed by atoms with Gasteiger partial charge in [-0.25, -0.2) is 4.79 Å². The predicted molar refractivity (Wildman–Crippen MR) is 110 cm³/mol. The van der Waals surface area contributed by atoms with Gasteiger partial charge in [0, 0.05) is 5.92 Å². The van der Waals surface area contributed by atoms with E-state index in [0.29, 0.717) is 12.0 Å². The van der Waals surface area contributed by atoms with Gasteiger partial charge in [-0.05, 0) is 49.5 Å².